The highest BCUT2D eigenvalue weighted by atomic mass is 32.2. The molecule has 22 heavy (non-hydrogen) atoms. The minimum atomic E-state index is -2.95. The maximum atomic E-state index is 12.3. The van der Waals surface area contributed by atoms with Gasteiger partial charge in [-0.3, -0.25) is 0 Å². The van der Waals surface area contributed by atoms with E-state index in [1.54, 1.807) is 0 Å². The molecule has 2 atom stereocenters. The average molecular weight is 313 g/mol. The van der Waals surface area contributed by atoms with Gasteiger partial charge in [-0.25, -0.2) is 8.42 Å². The number of allylic oxidation sites excluding steroid dienone is 1. The normalized spacial score (nSPS) is 31.0. The van der Waals surface area contributed by atoms with Crippen molar-refractivity contribution in [1.82, 2.24) is 0 Å². The van der Waals surface area contributed by atoms with Gasteiger partial charge in [-0.05, 0) is 48.8 Å². The van der Waals surface area contributed by atoms with Gasteiger partial charge in [-0.2, -0.15) is 5.26 Å². The van der Waals surface area contributed by atoms with Crippen molar-refractivity contribution in [3.8, 4) is 6.07 Å². The van der Waals surface area contributed by atoms with Gasteiger partial charge in [0, 0.05) is 0 Å². The summed E-state index contributed by atoms with van der Waals surface area (Å²) >= 11 is 0. The van der Waals surface area contributed by atoms with Crippen molar-refractivity contribution in [2.24, 2.45) is 0 Å². The molecule has 3 nitrogen and oxygen atoms in total. The summed E-state index contributed by atoms with van der Waals surface area (Å²) in [6, 6.07) is 10.6. The number of fused-ring (bicyclic) bond motifs is 2. The highest BCUT2D eigenvalue weighted by Gasteiger charge is 2.45. The van der Waals surface area contributed by atoms with Crippen molar-refractivity contribution >= 4 is 15.4 Å². The van der Waals surface area contributed by atoms with E-state index in [1.165, 1.54) is 0 Å². The van der Waals surface area contributed by atoms with Crippen LogP contribution in [-0.4, -0.2) is 18.9 Å². The Balaban J connectivity index is 1.66. The first-order valence-corrected chi connectivity index (χ1v) is 9.62. The van der Waals surface area contributed by atoms with Crippen LogP contribution in [0.15, 0.2) is 30.3 Å². The lowest BCUT2D eigenvalue weighted by molar-refractivity contribution is 0.518. The van der Waals surface area contributed by atoms with Gasteiger partial charge in [0.15, 0.2) is 9.84 Å². The molecule has 2 bridgehead atoms. The molecule has 1 aromatic carbocycles. The largest absolute Gasteiger partial charge is 0.228 e. The molecule has 0 spiro atoms. The van der Waals surface area contributed by atoms with Gasteiger partial charge in [-0.15, -0.1) is 0 Å². The number of sulfone groups is 1. The molecule has 4 rings (SSSR count). The lowest BCUT2D eigenvalue weighted by Crippen LogP contribution is -2.38. The molecule has 114 valence electrons. The first-order chi connectivity index (χ1) is 10.5. The Kier molecular flexibility index (Phi) is 2.99. The van der Waals surface area contributed by atoms with Crippen LogP contribution in [0.4, 0.5) is 0 Å². The second-order valence-corrected chi connectivity index (χ2v) is 9.30. The highest BCUT2D eigenvalue weighted by molar-refractivity contribution is 7.93. The van der Waals surface area contributed by atoms with Crippen LogP contribution in [0.3, 0.4) is 0 Å². The summed E-state index contributed by atoms with van der Waals surface area (Å²) in [4.78, 5) is 0. The van der Waals surface area contributed by atoms with Crippen molar-refractivity contribution in [3.05, 3.63) is 41.5 Å². The molecule has 2 fully saturated rings. The topological polar surface area (TPSA) is 57.9 Å². The Labute approximate surface area is 131 Å². The summed E-state index contributed by atoms with van der Waals surface area (Å²) < 4.78 is 24.6. The number of hydrogen-bond acceptors (Lipinski definition) is 3. The van der Waals surface area contributed by atoms with Gasteiger partial charge in [0.2, 0.25) is 0 Å². The maximum Gasteiger partial charge on any atom is 0.159 e. The standard InChI is InChI=1S/C18H19NO2S/c19-12-18(8-9-18)15-6-4-13(5-7-15)14-10-16-2-1-3-17(11-14)22(16,20)21/h4-7,10,16-17H,1-3,8-9,11H2. The van der Waals surface area contributed by atoms with Crippen molar-refractivity contribution in [3.63, 3.8) is 0 Å². The smallest absolute Gasteiger partial charge is 0.159 e. The van der Waals surface area contributed by atoms with E-state index in [0.717, 1.165) is 48.8 Å². The van der Waals surface area contributed by atoms with Gasteiger partial charge in [0.05, 0.1) is 22.0 Å². The lowest BCUT2D eigenvalue weighted by atomic mass is 9.91. The van der Waals surface area contributed by atoms with Gasteiger partial charge in [0.1, 0.15) is 0 Å². The third kappa shape index (κ3) is 2.03. The molecule has 1 aromatic rings. The number of nitriles is 1. The summed E-state index contributed by atoms with van der Waals surface area (Å²) in [5.41, 5.74) is 3.13. The van der Waals surface area contributed by atoms with E-state index >= 15 is 0 Å². The molecule has 1 saturated carbocycles. The van der Waals surface area contributed by atoms with E-state index in [-0.39, 0.29) is 15.9 Å². The summed E-state index contributed by atoms with van der Waals surface area (Å²) in [5.74, 6) is 0. The van der Waals surface area contributed by atoms with Gasteiger partial charge in [-0.1, -0.05) is 36.8 Å². The van der Waals surface area contributed by atoms with Crippen LogP contribution in [0.25, 0.3) is 5.57 Å². The lowest BCUT2D eigenvalue weighted by Gasteiger charge is -2.33. The molecule has 0 radical (unpaired) electrons. The zero-order valence-electron chi connectivity index (χ0n) is 12.5. The third-order valence-electron chi connectivity index (χ3n) is 5.51. The molecule has 1 saturated heterocycles. The second-order valence-electron chi connectivity index (χ2n) is 6.85. The molecule has 3 aliphatic rings. The maximum absolute atomic E-state index is 12.3. The van der Waals surface area contributed by atoms with E-state index in [4.69, 9.17) is 0 Å². The Bertz CT molecular complexity index is 779. The number of rotatable bonds is 2. The van der Waals surface area contributed by atoms with Crippen LogP contribution in [0.5, 0.6) is 0 Å². The van der Waals surface area contributed by atoms with E-state index < -0.39 is 9.84 Å². The van der Waals surface area contributed by atoms with E-state index in [2.05, 4.69) is 18.2 Å². The Morgan fingerprint density at radius 1 is 1.14 bits per heavy atom. The Morgan fingerprint density at radius 3 is 2.45 bits per heavy atom. The fourth-order valence-electron chi connectivity index (χ4n) is 3.86. The zero-order chi connectivity index (χ0) is 15.4. The third-order valence-corrected chi connectivity index (χ3v) is 8.06. The Morgan fingerprint density at radius 2 is 1.86 bits per heavy atom. The second kappa shape index (κ2) is 4.70. The minimum Gasteiger partial charge on any atom is -0.228 e. The zero-order valence-corrected chi connectivity index (χ0v) is 13.3. The van der Waals surface area contributed by atoms with E-state index in [0.29, 0.717) is 6.42 Å². The molecule has 0 N–H and O–H groups in total. The van der Waals surface area contributed by atoms with Gasteiger partial charge >= 0.3 is 0 Å². The van der Waals surface area contributed by atoms with Crippen LogP contribution in [0, 0.1) is 11.3 Å². The van der Waals surface area contributed by atoms with Gasteiger partial charge in [0.25, 0.3) is 0 Å². The fraction of sp³-hybridized carbons (Fsp3) is 0.500. The van der Waals surface area contributed by atoms with Crippen LogP contribution in [0.2, 0.25) is 0 Å². The average Bonchev–Trinajstić information content (AvgIpc) is 3.27. The SMILES string of the molecule is N#CC1(c2ccc(C3=CC4CCCC(C3)S4(=O)=O)cc2)CC1. The molecular weight excluding hydrogens is 294 g/mol. The minimum absolute atomic E-state index is 0.195. The molecule has 2 aliphatic heterocycles. The number of nitrogens with zero attached hydrogens (tertiary/aromatic N) is 1. The van der Waals surface area contributed by atoms with Crippen molar-refractivity contribution in [2.75, 3.05) is 0 Å². The van der Waals surface area contributed by atoms with Crippen molar-refractivity contribution in [2.45, 2.75) is 54.4 Å². The molecule has 4 heteroatoms. The number of hydrogen-bond donors (Lipinski definition) is 0. The van der Waals surface area contributed by atoms with Crippen LogP contribution < -0.4 is 0 Å². The quantitative estimate of drug-likeness (QED) is 0.841. The summed E-state index contributed by atoms with van der Waals surface area (Å²) in [5, 5.41) is 8.78. The summed E-state index contributed by atoms with van der Waals surface area (Å²) in [7, 11) is -2.95. The van der Waals surface area contributed by atoms with Crippen LogP contribution >= 0.6 is 0 Å². The predicted molar refractivity (Wildman–Crippen MR) is 85.9 cm³/mol. The summed E-state index contributed by atoms with van der Waals surface area (Å²) in [6.45, 7) is 0. The molecule has 2 unspecified atom stereocenters. The Hall–Kier alpha value is -1.60. The molecular formula is C18H19NO2S. The summed E-state index contributed by atoms with van der Waals surface area (Å²) in [6.07, 6.45) is 7.09. The van der Waals surface area contributed by atoms with E-state index in [9.17, 15) is 13.7 Å². The first-order valence-electron chi connectivity index (χ1n) is 8.01. The van der Waals surface area contributed by atoms with Crippen molar-refractivity contribution < 1.29 is 8.42 Å². The highest BCUT2D eigenvalue weighted by Crippen LogP contribution is 2.48. The molecule has 0 aromatic heterocycles. The molecule has 0 amide bonds. The van der Waals surface area contributed by atoms with Crippen molar-refractivity contribution in [1.29, 1.82) is 5.26 Å². The fourth-order valence-corrected chi connectivity index (χ4v) is 6.11. The van der Waals surface area contributed by atoms with Gasteiger partial charge < -0.3 is 0 Å². The van der Waals surface area contributed by atoms with Crippen LogP contribution in [-0.2, 0) is 15.3 Å². The molecule has 1 aliphatic carbocycles. The monoisotopic (exact) mass is 313 g/mol. The van der Waals surface area contributed by atoms with E-state index in [1.807, 2.05) is 18.2 Å². The number of benzene rings is 1. The predicted octanol–water partition coefficient (Wildman–Crippen LogP) is 3.36. The van der Waals surface area contributed by atoms with Crippen LogP contribution in [0.1, 0.15) is 49.7 Å². The first kappa shape index (κ1) is 14.0. The molecule has 2 heterocycles.